The van der Waals surface area contributed by atoms with Gasteiger partial charge in [0, 0.05) is 16.0 Å². The molecule has 0 fully saturated rings. The Hall–Kier alpha value is -3.24. The highest BCUT2D eigenvalue weighted by Crippen LogP contribution is 2.29. The lowest BCUT2D eigenvalue weighted by Crippen LogP contribution is -1.99. The smallest absolute Gasteiger partial charge is 0.244 e. The number of anilines is 1. The maximum atomic E-state index is 6.17. The molecule has 0 bridgehead atoms. The van der Waals surface area contributed by atoms with Crippen LogP contribution in [0.3, 0.4) is 0 Å². The van der Waals surface area contributed by atoms with Crippen molar-refractivity contribution in [2.75, 3.05) is 5.43 Å². The molecule has 0 saturated carbocycles. The Labute approximate surface area is 156 Å². The first kappa shape index (κ1) is 16.2. The Morgan fingerprint density at radius 1 is 0.846 bits per heavy atom. The summed E-state index contributed by atoms with van der Waals surface area (Å²) in [6.07, 6.45) is 1.73. The van der Waals surface area contributed by atoms with E-state index in [1.807, 2.05) is 78.9 Å². The summed E-state index contributed by atoms with van der Waals surface area (Å²) in [6.45, 7) is 0. The van der Waals surface area contributed by atoms with E-state index in [4.69, 9.17) is 11.6 Å². The summed E-state index contributed by atoms with van der Waals surface area (Å²) in [4.78, 5) is 9.19. The van der Waals surface area contributed by atoms with Gasteiger partial charge in [0.2, 0.25) is 5.95 Å². The van der Waals surface area contributed by atoms with Crippen molar-refractivity contribution in [3.8, 4) is 11.3 Å². The molecule has 26 heavy (non-hydrogen) atoms. The van der Waals surface area contributed by atoms with Gasteiger partial charge in [-0.1, -0.05) is 72.3 Å². The molecule has 0 unspecified atom stereocenters. The van der Waals surface area contributed by atoms with Crippen LogP contribution in [0.1, 0.15) is 5.56 Å². The molecule has 0 aliphatic carbocycles. The lowest BCUT2D eigenvalue weighted by Gasteiger charge is -2.09. The molecule has 4 nitrogen and oxygen atoms in total. The van der Waals surface area contributed by atoms with E-state index in [0.29, 0.717) is 11.0 Å². The number of hydrogen-bond donors (Lipinski definition) is 1. The van der Waals surface area contributed by atoms with E-state index < -0.39 is 0 Å². The van der Waals surface area contributed by atoms with E-state index in [1.165, 1.54) is 0 Å². The summed E-state index contributed by atoms with van der Waals surface area (Å²) in [6, 6.07) is 25.4. The van der Waals surface area contributed by atoms with Gasteiger partial charge in [-0.25, -0.2) is 15.4 Å². The molecule has 0 amide bonds. The Balaban J connectivity index is 1.74. The molecule has 126 valence electrons. The number of halogens is 1. The molecule has 5 heteroatoms. The summed E-state index contributed by atoms with van der Waals surface area (Å²) >= 11 is 6.17. The normalized spacial score (nSPS) is 11.1. The van der Waals surface area contributed by atoms with E-state index >= 15 is 0 Å². The molecule has 0 spiro atoms. The van der Waals surface area contributed by atoms with Crippen LogP contribution in [0.15, 0.2) is 84.0 Å². The minimum Gasteiger partial charge on any atom is -0.245 e. The van der Waals surface area contributed by atoms with Crippen LogP contribution in [0.5, 0.6) is 0 Å². The minimum absolute atomic E-state index is 0.436. The van der Waals surface area contributed by atoms with E-state index in [9.17, 15) is 0 Å². The van der Waals surface area contributed by atoms with Crippen LogP contribution in [0.4, 0.5) is 5.95 Å². The third-order valence-corrected chi connectivity index (χ3v) is 4.12. The van der Waals surface area contributed by atoms with Crippen molar-refractivity contribution >= 4 is 34.7 Å². The van der Waals surface area contributed by atoms with Crippen LogP contribution < -0.4 is 5.43 Å². The van der Waals surface area contributed by atoms with Crippen molar-refractivity contribution in [2.45, 2.75) is 0 Å². The molecule has 3 aromatic carbocycles. The minimum atomic E-state index is 0.436. The van der Waals surface area contributed by atoms with E-state index in [1.54, 1.807) is 6.21 Å². The average molecular weight is 359 g/mol. The van der Waals surface area contributed by atoms with Gasteiger partial charge in [-0.05, 0) is 23.8 Å². The van der Waals surface area contributed by atoms with Crippen LogP contribution in [0.25, 0.3) is 22.2 Å². The molecule has 1 heterocycles. The van der Waals surface area contributed by atoms with Crippen molar-refractivity contribution in [1.29, 1.82) is 0 Å². The number of nitrogens with one attached hydrogen (secondary N) is 1. The monoisotopic (exact) mass is 358 g/mol. The van der Waals surface area contributed by atoms with Crippen molar-refractivity contribution in [3.05, 3.63) is 89.4 Å². The molecule has 0 atom stereocenters. The zero-order chi connectivity index (χ0) is 17.8. The van der Waals surface area contributed by atoms with Crippen LogP contribution in [-0.2, 0) is 0 Å². The maximum absolute atomic E-state index is 6.17. The Bertz CT molecular complexity index is 1060. The second-order valence-corrected chi connectivity index (χ2v) is 6.14. The largest absolute Gasteiger partial charge is 0.245 e. The lowest BCUT2D eigenvalue weighted by atomic mass is 10.1. The Morgan fingerprint density at radius 3 is 2.35 bits per heavy atom. The van der Waals surface area contributed by atoms with Gasteiger partial charge >= 0.3 is 0 Å². The van der Waals surface area contributed by atoms with Crippen LogP contribution in [0.2, 0.25) is 5.02 Å². The van der Waals surface area contributed by atoms with Crippen LogP contribution >= 0.6 is 11.6 Å². The fourth-order valence-corrected chi connectivity index (χ4v) is 2.84. The second kappa shape index (κ2) is 7.33. The Morgan fingerprint density at radius 2 is 1.58 bits per heavy atom. The fraction of sp³-hybridized carbons (Fsp3) is 0. The van der Waals surface area contributed by atoms with Crippen LogP contribution in [-0.4, -0.2) is 16.2 Å². The summed E-state index contributed by atoms with van der Waals surface area (Å²) < 4.78 is 0. The Kier molecular flexibility index (Phi) is 4.58. The number of hydrogen-bond acceptors (Lipinski definition) is 4. The van der Waals surface area contributed by atoms with Gasteiger partial charge in [-0.3, -0.25) is 0 Å². The zero-order valence-electron chi connectivity index (χ0n) is 13.8. The first-order chi connectivity index (χ1) is 12.8. The molecule has 1 aromatic heterocycles. The first-order valence-corrected chi connectivity index (χ1v) is 8.54. The maximum Gasteiger partial charge on any atom is 0.244 e. The predicted octanol–water partition coefficient (Wildman–Crippen LogP) is 5.40. The third-order valence-electron chi connectivity index (χ3n) is 3.88. The van der Waals surface area contributed by atoms with Gasteiger partial charge in [0.1, 0.15) is 0 Å². The number of aromatic nitrogens is 2. The zero-order valence-corrected chi connectivity index (χ0v) is 14.6. The highest BCUT2D eigenvalue weighted by molar-refractivity contribution is 6.31. The fourth-order valence-electron chi connectivity index (χ4n) is 2.67. The number of hydrazone groups is 1. The van der Waals surface area contributed by atoms with E-state index in [-0.39, 0.29) is 0 Å². The second-order valence-electron chi connectivity index (χ2n) is 5.70. The van der Waals surface area contributed by atoms with Crippen molar-refractivity contribution in [1.82, 2.24) is 9.97 Å². The van der Waals surface area contributed by atoms with Gasteiger partial charge in [0.15, 0.2) is 0 Å². The van der Waals surface area contributed by atoms with Gasteiger partial charge < -0.3 is 0 Å². The van der Waals surface area contributed by atoms with Gasteiger partial charge in [-0.2, -0.15) is 5.10 Å². The third kappa shape index (κ3) is 3.55. The molecular formula is C21H15ClN4. The molecule has 4 rings (SSSR count). The van der Waals surface area contributed by atoms with E-state index in [2.05, 4.69) is 20.5 Å². The SMILES string of the molecule is Clc1ccc2nc(N/N=C\c3ccccc3)nc(-c3ccccc3)c2c1. The molecule has 1 N–H and O–H groups in total. The molecular weight excluding hydrogens is 344 g/mol. The number of benzene rings is 3. The standard InChI is InChI=1S/C21H15ClN4/c22-17-11-12-19-18(13-17)20(16-9-5-2-6-10-16)25-21(24-19)26-23-14-15-7-3-1-4-8-15/h1-14H,(H,24,25,26)/b23-14-. The molecule has 4 aromatic rings. The summed E-state index contributed by atoms with van der Waals surface area (Å²) in [5.41, 5.74) is 6.54. The highest BCUT2D eigenvalue weighted by Gasteiger charge is 2.10. The summed E-state index contributed by atoms with van der Waals surface area (Å²) in [5, 5.41) is 5.80. The molecule has 0 aliphatic heterocycles. The van der Waals surface area contributed by atoms with Crippen molar-refractivity contribution in [2.24, 2.45) is 5.10 Å². The molecule has 0 saturated heterocycles. The van der Waals surface area contributed by atoms with Crippen LogP contribution in [0, 0.1) is 0 Å². The van der Waals surface area contributed by atoms with Crippen molar-refractivity contribution in [3.63, 3.8) is 0 Å². The van der Waals surface area contributed by atoms with E-state index in [0.717, 1.165) is 27.7 Å². The van der Waals surface area contributed by atoms with Gasteiger partial charge in [-0.15, -0.1) is 0 Å². The topological polar surface area (TPSA) is 50.2 Å². The predicted molar refractivity (Wildman–Crippen MR) is 108 cm³/mol. The quantitative estimate of drug-likeness (QED) is 0.392. The molecule has 0 radical (unpaired) electrons. The van der Waals surface area contributed by atoms with Gasteiger partial charge in [0.25, 0.3) is 0 Å². The number of rotatable bonds is 4. The number of nitrogens with zero attached hydrogens (tertiary/aromatic N) is 3. The number of fused-ring (bicyclic) bond motifs is 1. The van der Waals surface area contributed by atoms with Crippen molar-refractivity contribution < 1.29 is 0 Å². The lowest BCUT2D eigenvalue weighted by molar-refractivity contribution is 1.16. The summed E-state index contributed by atoms with van der Waals surface area (Å²) in [7, 11) is 0. The highest BCUT2D eigenvalue weighted by atomic mass is 35.5. The van der Waals surface area contributed by atoms with Gasteiger partial charge in [0.05, 0.1) is 17.4 Å². The molecule has 0 aliphatic rings. The average Bonchev–Trinajstić information content (AvgIpc) is 2.69. The first-order valence-electron chi connectivity index (χ1n) is 8.16. The summed E-state index contributed by atoms with van der Waals surface area (Å²) in [5.74, 6) is 0.436.